The van der Waals surface area contributed by atoms with Crippen LogP contribution in [0.25, 0.3) is 0 Å². The molecule has 0 bridgehead atoms. The van der Waals surface area contributed by atoms with E-state index in [-0.39, 0.29) is 5.60 Å². The quantitative estimate of drug-likeness (QED) is 0.254. The Balaban J connectivity index is 2.89. The summed E-state index contributed by atoms with van der Waals surface area (Å²) in [5, 5.41) is 0. The Bertz CT molecular complexity index is 321. The van der Waals surface area contributed by atoms with Gasteiger partial charge in [-0.1, -0.05) is 65.7 Å². The maximum atomic E-state index is 6.44. The highest BCUT2D eigenvalue weighted by Gasteiger charge is 2.79. The zero-order valence-corrected chi connectivity index (χ0v) is 16.2. The molecule has 2 atom stereocenters. The van der Waals surface area contributed by atoms with Crippen LogP contribution < -0.4 is 0 Å². The van der Waals surface area contributed by atoms with Crippen molar-refractivity contribution < 1.29 is 18.9 Å². The van der Waals surface area contributed by atoms with E-state index in [0.717, 1.165) is 32.1 Å². The SMILES string of the molecule is CCCCCCCC1(CCC)OC1(CCC)C(OC)(OC)OC. The highest BCUT2D eigenvalue weighted by molar-refractivity contribution is 5.20. The van der Waals surface area contributed by atoms with E-state index in [9.17, 15) is 0 Å². The van der Waals surface area contributed by atoms with Gasteiger partial charge in [0, 0.05) is 21.3 Å². The third-order valence-electron chi connectivity index (χ3n) is 5.30. The van der Waals surface area contributed by atoms with E-state index in [4.69, 9.17) is 18.9 Å². The summed E-state index contributed by atoms with van der Waals surface area (Å²) in [5.74, 6) is -1.11. The Labute approximate surface area is 143 Å². The lowest BCUT2D eigenvalue weighted by Crippen LogP contribution is -2.54. The first kappa shape index (κ1) is 20.9. The maximum Gasteiger partial charge on any atom is 0.316 e. The number of methoxy groups -OCH3 is 3. The summed E-state index contributed by atoms with van der Waals surface area (Å²) in [4.78, 5) is 0. The van der Waals surface area contributed by atoms with Gasteiger partial charge in [-0.2, -0.15) is 0 Å². The summed E-state index contributed by atoms with van der Waals surface area (Å²) >= 11 is 0. The molecule has 0 spiro atoms. The molecule has 1 aliphatic heterocycles. The predicted octanol–water partition coefficient (Wildman–Crippen LogP) is 5.05. The Morgan fingerprint density at radius 1 is 0.696 bits per heavy atom. The van der Waals surface area contributed by atoms with Crippen LogP contribution in [-0.4, -0.2) is 38.5 Å². The van der Waals surface area contributed by atoms with Gasteiger partial charge in [-0.05, 0) is 19.3 Å². The highest BCUT2D eigenvalue weighted by Crippen LogP contribution is 2.63. The van der Waals surface area contributed by atoms with Gasteiger partial charge in [0.25, 0.3) is 0 Å². The highest BCUT2D eigenvalue weighted by atomic mass is 16.9. The largest absolute Gasteiger partial charge is 0.354 e. The molecule has 4 heteroatoms. The average molecular weight is 331 g/mol. The van der Waals surface area contributed by atoms with E-state index in [1.54, 1.807) is 21.3 Å². The molecule has 0 aliphatic carbocycles. The van der Waals surface area contributed by atoms with Crippen LogP contribution >= 0.6 is 0 Å². The van der Waals surface area contributed by atoms with Gasteiger partial charge in [-0.25, -0.2) is 0 Å². The van der Waals surface area contributed by atoms with Crippen LogP contribution in [0.15, 0.2) is 0 Å². The van der Waals surface area contributed by atoms with Crippen LogP contribution in [0.3, 0.4) is 0 Å². The van der Waals surface area contributed by atoms with Gasteiger partial charge < -0.3 is 18.9 Å². The Morgan fingerprint density at radius 2 is 1.26 bits per heavy atom. The number of hydrogen-bond donors (Lipinski definition) is 0. The smallest absolute Gasteiger partial charge is 0.316 e. The second kappa shape index (κ2) is 9.36. The molecule has 0 N–H and O–H groups in total. The van der Waals surface area contributed by atoms with Gasteiger partial charge in [-0.3, -0.25) is 0 Å². The number of rotatable bonds is 14. The van der Waals surface area contributed by atoms with E-state index in [1.165, 1.54) is 32.1 Å². The summed E-state index contributed by atoms with van der Waals surface area (Å²) < 4.78 is 23.5. The summed E-state index contributed by atoms with van der Waals surface area (Å²) in [6.45, 7) is 6.64. The minimum atomic E-state index is -1.11. The number of epoxide rings is 1. The van der Waals surface area contributed by atoms with Crippen molar-refractivity contribution in [2.75, 3.05) is 21.3 Å². The molecular formula is C19H38O4. The van der Waals surface area contributed by atoms with E-state index in [2.05, 4.69) is 20.8 Å². The van der Waals surface area contributed by atoms with Crippen molar-refractivity contribution in [1.82, 2.24) is 0 Å². The minimum Gasteiger partial charge on any atom is -0.354 e. The minimum absolute atomic E-state index is 0.175. The van der Waals surface area contributed by atoms with Crippen molar-refractivity contribution >= 4 is 0 Å². The van der Waals surface area contributed by atoms with Gasteiger partial charge in [-0.15, -0.1) is 0 Å². The molecule has 23 heavy (non-hydrogen) atoms. The molecule has 1 fully saturated rings. The van der Waals surface area contributed by atoms with Gasteiger partial charge in [0.05, 0.1) is 0 Å². The van der Waals surface area contributed by atoms with Crippen LogP contribution in [-0.2, 0) is 18.9 Å². The van der Waals surface area contributed by atoms with Crippen LogP contribution in [0.4, 0.5) is 0 Å². The molecule has 1 heterocycles. The lowest BCUT2D eigenvalue weighted by molar-refractivity contribution is -0.383. The van der Waals surface area contributed by atoms with Gasteiger partial charge >= 0.3 is 5.97 Å². The molecule has 0 amide bonds. The molecule has 0 aromatic heterocycles. The molecule has 1 saturated heterocycles. The van der Waals surface area contributed by atoms with Crippen molar-refractivity contribution in [2.45, 2.75) is 102 Å². The third kappa shape index (κ3) is 3.92. The standard InChI is InChI=1S/C19H38O4/c1-7-10-11-12-13-16-17(14-8-2)18(23-17,15-9-3)19(20-4,21-5)22-6/h7-16H2,1-6H3. The molecule has 4 nitrogen and oxygen atoms in total. The first-order valence-corrected chi connectivity index (χ1v) is 9.43. The van der Waals surface area contributed by atoms with Crippen molar-refractivity contribution in [2.24, 2.45) is 0 Å². The molecule has 138 valence electrons. The van der Waals surface area contributed by atoms with Gasteiger partial charge in [0.1, 0.15) is 5.60 Å². The van der Waals surface area contributed by atoms with E-state index in [1.807, 2.05) is 0 Å². The molecule has 0 saturated carbocycles. The Kier molecular flexibility index (Phi) is 8.50. The number of unbranched alkanes of at least 4 members (excludes halogenated alkanes) is 4. The fourth-order valence-corrected chi connectivity index (χ4v) is 4.23. The Morgan fingerprint density at radius 3 is 1.74 bits per heavy atom. The van der Waals surface area contributed by atoms with Crippen LogP contribution in [0.1, 0.15) is 85.0 Å². The van der Waals surface area contributed by atoms with Crippen molar-refractivity contribution in [3.05, 3.63) is 0 Å². The second-order valence-electron chi connectivity index (χ2n) is 6.76. The summed E-state index contributed by atoms with van der Waals surface area (Å²) in [6, 6.07) is 0. The molecular weight excluding hydrogens is 292 g/mol. The van der Waals surface area contributed by atoms with Crippen molar-refractivity contribution in [3.63, 3.8) is 0 Å². The normalized spacial score (nSPS) is 27.4. The topological polar surface area (TPSA) is 40.2 Å². The summed E-state index contributed by atoms with van der Waals surface area (Å²) in [6.07, 6.45) is 11.4. The molecule has 1 aliphatic rings. The summed E-state index contributed by atoms with van der Waals surface area (Å²) in [7, 11) is 4.93. The fourth-order valence-electron chi connectivity index (χ4n) is 4.23. The van der Waals surface area contributed by atoms with Gasteiger partial charge in [0.15, 0.2) is 5.60 Å². The van der Waals surface area contributed by atoms with Crippen LogP contribution in [0.2, 0.25) is 0 Å². The van der Waals surface area contributed by atoms with E-state index < -0.39 is 11.6 Å². The maximum absolute atomic E-state index is 6.44. The van der Waals surface area contributed by atoms with Gasteiger partial charge in [0.2, 0.25) is 0 Å². The fraction of sp³-hybridized carbons (Fsp3) is 1.00. The first-order valence-electron chi connectivity index (χ1n) is 9.43. The van der Waals surface area contributed by atoms with Crippen molar-refractivity contribution in [3.8, 4) is 0 Å². The molecule has 0 radical (unpaired) electrons. The second-order valence-corrected chi connectivity index (χ2v) is 6.76. The van der Waals surface area contributed by atoms with Crippen LogP contribution in [0, 0.1) is 0 Å². The lowest BCUT2D eigenvalue weighted by Gasteiger charge is -2.36. The van der Waals surface area contributed by atoms with E-state index in [0.29, 0.717) is 0 Å². The zero-order chi connectivity index (χ0) is 17.4. The van der Waals surface area contributed by atoms with Crippen LogP contribution in [0.5, 0.6) is 0 Å². The lowest BCUT2D eigenvalue weighted by atomic mass is 9.80. The monoisotopic (exact) mass is 330 g/mol. The number of ether oxygens (including phenoxy) is 4. The zero-order valence-electron chi connectivity index (χ0n) is 16.2. The third-order valence-corrected chi connectivity index (χ3v) is 5.30. The number of hydrogen-bond acceptors (Lipinski definition) is 4. The molecule has 0 aromatic rings. The molecule has 2 unspecified atom stereocenters. The Hall–Kier alpha value is -0.160. The first-order chi connectivity index (χ1) is 11.1. The van der Waals surface area contributed by atoms with E-state index >= 15 is 0 Å². The summed E-state index contributed by atoms with van der Waals surface area (Å²) in [5.41, 5.74) is -0.667. The van der Waals surface area contributed by atoms with Crippen molar-refractivity contribution in [1.29, 1.82) is 0 Å². The molecule has 0 aromatic carbocycles. The molecule has 1 rings (SSSR count). The average Bonchev–Trinajstić information content (AvgIpc) is 3.18. The predicted molar refractivity (Wildman–Crippen MR) is 93.5 cm³/mol.